The van der Waals surface area contributed by atoms with E-state index in [9.17, 15) is 9.50 Å². The number of anilines is 1. The third-order valence-corrected chi connectivity index (χ3v) is 2.31. The number of halogens is 2. The number of rotatable bonds is 5. The zero-order chi connectivity index (χ0) is 13.1. The largest absolute Gasteiger partial charge is 0.387 e. The second-order valence-electron chi connectivity index (χ2n) is 4.57. The summed E-state index contributed by atoms with van der Waals surface area (Å²) < 4.78 is 13.4. The molecular formula is C11H17ClFN3O. The summed E-state index contributed by atoms with van der Waals surface area (Å²) in [5.74, 6) is -0.438. The first kappa shape index (κ1) is 14.2. The number of hydrogen-bond acceptors (Lipinski definition) is 4. The van der Waals surface area contributed by atoms with E-state index in [1.54, 1.807) is 6.92 Å². The maximum Gasteiger partial charge on any atom is 0.166 e. The molecule has 17 heavy (non-hydrogen) atoms. The van der Waals surface area contributed by atoms with Gasteiger partial charge in [0.2, 0.25) is 0 Å². The van der Waals surface area contributed by atoms with Gasteiger partial charge in [-0.3, -0.25) is 0 Å². The van der Waals surface area contributed by atoms with Crippen LogP contribution in [0.4, 0.5) is 10.2 Å². The fourth-order valence-corrected chi connectivity index (χ4v) is 1.70. The van der Waals surface area contributed by atoms with E-state index in [1.807, 2.05) is 19.0 Å². The van der Waals surface area contributed by atoms with Crippen molar-refractivity contribution < 1.29 is 9.50 Å². The molecule has 0 saturated heterocycles. The highest BCUT2D eigenvalue weighted by molar-refractivity contribution is 6.30. The zero-order valence-electron chi connectivity index (χ0n) is 10.2. The number of likely N-dealkylation sites (N-methyl/N-ethyl adjacent to an activating group) is 1. The number of pyridine rings is 1. The van der Waals surface area contributed by atoms with Gasteiger partial charge in [-0.15, -0.1) is 0 Å². The number of aliphatic hydroxyl groups is 1. The van der Waals surface area contributed by atoms with Gasteiger partial charge in [-0.1, -0.05) is 11.6 Å². The number of aromatic nitrogens is 1. The van der Waals surface area contributed by atoms with Gasteiger partial charge in [-0.2, -0.15) is 0 Å². The van der Waals surface area contributed by atoms with E-state index in [0.717, 1.165) is 0 Å². The Morgan fingerprint density at radius 3 is 2.76 bits per heavy atom. The lowest BCUT2D eigenvalue weighted by Gasteiger charge is -2.27. The molecule has 2 N–H and O–H groups in total. The Hall–Kier alpha value is -0.910. The molecule has 6 heteroatoms. The van der Waals surface area contributed by atoms with Crippen molar-refractivity contribution in [1.82, 2.24) is 9.88 Å². The van der Waals surface area contributed by atoms with Crippen LogP contribution in [0.5, 0.6) is 0 Å². The Kier molecular flexibility index (Phi) is 4.68. The standard InChI is InChI=1S/C11H17ClFN3O/c1-11(17,7-16(2)3)6-15-10-9(13)4-8(12)5-14-10/h4-5,17H,6-7H2,1-3H3,(H,14,15). The van der Waals surface area contributed by atoms with E-state index in [-0.39, 0.29) is 17.4 Å². The van der Waals surface area contributed by atoms with Crippen LogP contribution in [0.25, 0.3) is 0 Å². The van der Waals surface area contributed by atoms with Crippen LogP contribution in [0.1, 0.15) is 6.92 Å². The minimum Gasteiger partial charge on any atom is -0.387 e. The van der Waals surface area contributed by atoms with Crippen molar-refractivity contribution in [2.24, 2.45) is 0 Å². The average molecular weight is 262 g/mol. The van der Waals surface area contributed by atoms with Crippen LogP contribution < -0.4 is 5.32 Å². The average Bonchev–Trinajstić information content (AvgIpc) is 2.14. The van der Waals surface area contributed by atoms with E-state index in [0.29, 0.717) is 6.54 Å². The molecule has 1 rings (SSSR count). The van der Waals surface area contributed by atoms with Crippen LogP contribution in [0.3, 0.4) is 0 Å². The van der Waals surface area contributed by atoms with Gasteiger partial charge in [0.15, 0.2) is 11.6 Å². The third-order valence-electron chi connectivity index (χ3n) is 2.10. The van der Waals surface area contributed by atoms with Crippen molar-refractivity contribution in [3.63, 3.8) is 0 Å². The van der Waals surface area contributed by atoms with Gasteiger partial charge >= 0.3 is 0 Å². The number of nitrogens with zero attached hydrogens (tertiary/aromatic N) is 2. The van der Waals surface area contributed by atoms with Crippen LogP contribution in [-0.4, -0.2) is 47.8 Å². The summed E-state index contributed by atoms with van der Waals surface area (Å²) >= 11 is 5.59. The molecule has 0 amide bonds. The van der Waals surface area contributed by atoms with Crippen molar-refractivity contribution >= 4 is 17.4 Å². The van der Waals surface area contributed by atoms with E-state index in [1.165, 1.54) is 12.3 Å². The molecule has 1 unspecified atom stereocenters. The molecular weight excluding hydrogens is 245 g/mol. The van der Waals surface area contributed by atoms with Gasteiger partial charge in [0, 0.05) is 19.3 Å². The van der Waals surface area contributed by atoms with Crippen molar-refractivity contribution in [3.05, 3.63) is 23.1 Å². The second-order valence-corrected chi connectivity index (χ2v) is 5.01. The summed E-state index contributed by atoms with van der Waals surface area (Å²) in [6.07, 6.45) is 1.35. The molecule has 0 aliphatic rings. The van der Waals surface area contributed by atoms with Crippen LogP contribution >= 0.6 is 11.6 Å². The molecule has 96 valence electrons. The lowest BCUT2D eigenvalue weighted by Crippen LogP contribution is -2.43. The Bertz CT molecular complexity index is 385. The highest BCUT2D eigenvalue weighted by Crippen LogP contribution is 2.16. The number of hydrogen-bond donors (Lipinski definition) is 2. The second kappa shape index (κ2) is 5.62. The molecule has 0 spiro atoms. The number of nitrogens with one attached hydrogen (secondary N) is 1. The molecule has 0 fully saturated rings. The summed E-state index contributed by atoms with van der Waals surface area (Å²) in [6, 6.07) is 1.18. The molecule has 0 bridgehead atoms. The zero-order valence-corrected chi connectivity index (χ0v) is 10.9. The smallest absolute Gasteiger partial charge is 0.166 e. The molecule has 1 atom stereocenters. The normalized spacial score (nSPS) is 14.8. The predicted molar refractivity (Wildman–Crippen MR) is 66.9 cm³/mol. The monoisotopic (exact) mass is 261 g/mol. The summed E-state index contributed by atoms with van der Waals surface area (Å²) in [6.45, 7) is 2.35. The summed E-state index contributed by atoms with van der Waals surface area (Å²) in [5.41, 5.74) is -0.961. The van der Waals surface area contributed by atoms with Gasteiger partial charge in [-0.05, 0) is 27.1 Å². The van der Waals surface area contributed by atoms with Gasteiger partial charge < -0.3 is 15.3 Å². The fraction of sp³-hybridized carbons (Fsp3) is 0.545. The first-order valence-electron chi connectivity index (χ1n) is 5.22. The van der Waals surface area contributed by atoms with E-state index in [4.69, 9.17) is 11.6 Å². The van der Waals surface area contributed by atoms with Crippen molar-refractivity contribution in [3.8, 4) is 0 Å². The van der Waals surface area contributed by atoms with Gasteiger partial charge in [0.05, 0.1) is 10.6 Å². The Morgan fingerprint density at radius 1 is 1.59 bits per heavy atom. The predicted octanol–water partition coefficient (Wildman–Crippen LogP) is 1.60. The molecule has 1 aromatic heterocycles. The quantitative estimate of drug-likeness (QED) is 0.845. The van der Waals surface area contributed by atoms with Crippen LogP contribution in [0.15, 0.2) is 12.3 Å². The Balaban J connectivity index is 2.61. The summed E-state index contributed by atoms with van der Waals surface area (Å²) in [5, 5.41) is 13.0. The molecule has 1 aromatic rings. The lowest BCUT2D eigenvalue weighted by molar-refractivity contribution is 0.0458. The molecule has 0 saturated carbocycles. The van der Waals surface area contributed by atoms with E-state index in [2.05, 4.69) is 10.3 Å². The Labute approximate surface area is 105 Å². The van der Waals surface area contributed by atoms with Crippen LogP contribution in [0.2, 0.25) is 5.02 Å². The highest BCUT2D eigenvalue weighted by Gasteiger charge is 2.21. The molecule has 0 aliphatic heterocycles. The van der Waals surface area contributed by atoms with Gasteiger partial charge in [0.25, 0.3) is 0 Å². The lowest BCUT2D eigenvalue weighted by atomic mass is 10.1. The molecule has 0 aliphatic carbocycles. The Morgan fingerprint density at radius 2 is 2.24 bits per heavy atom. The van der Waals surface area contributed by atoms with Crippen molar-refractivity contribution in [2.75, 3.05) is 32.5 Å². The first-order valence-corrected chi connectivity index (χ1v) is 5.60. The first-order chi connectivity index (χ1) is 7.80. The fourth-order valence-electron chi connectivity index (χ4n) is 1.56. The van der Waals surface area contributed by atoms with Crippen LogP contribution in [-0.2, 0) is 0 Å². The maximum absolute atomic E-state index is 13.4. The van der Waals surface area contributed by atoms with Gasteiger partial charge in [-0.25, -0.2) is 9.37 Å². The summed E-state index contributed by atoms with van der Waals surface area (Å²) in [7, 11) is 3.71. The SMILES string of the molecule is CN(C)CC(C)(O)CNc1ncc(Cl)cc1F. The minimum absolute atomic E-state index is 0.0911. The van der Waals surface area contributed by atoms with Crippen LogP contribution in [0, 0.1) is 5.82 Å². The van der Waals surface area contributed by atoms with E-state index >= 15 is 0 Å². The molecule has 1 heterocycles. The molecule has 0 aromatic carbocycles. The van der Waals surface area contributed by atoms with E-state index < -0.39 is 11.4 Å². The van der Waals surface area contributed by atoms with Crippen molar-refractivity contribution in [1.29, 1.82) is 0 Å². The molecule has 0 radical (unpaired) electrons. The topological polar surface area (TPSA) is 48.4 Å². The third kappa shape index (κ3) is 4.85. The maximum atomic E-state index is 13.4. The minimum atomic E-state index is -0.961. The highest BCUT2D eigenvalue weighted by atomic mass is 35.5. The van der Waals surface area contributed by atoms with Gasteiger partial charge in [0.1, 0.15) is 0 Å². The molecule has 4 nitrogen and oxygen atoms in total. The van der Waals surface area contributed by atoms with Crippen molar-refractivity contribution in [2.45, 2.75) is 12.5 Å². The summed E-state index contributed by atoms with van der Waals surface area (Å²) in [4.78, 5) is 5.67.